The van der Waals surface area contributed by atoms with Gasteiger partial charge in [-0.15, -0.1) is 0 Å². The van der Waals surface area contributed by atoms with E-state index in [1.807, 2.05) is 59.8 Å². The Bertz CT molecular complexity index is 1420. The van der Waals surface area contributed by atoms with Crippen molar-refractivity contribution in [3.05, 3.63) is 103 Å². The minimum Gasteiger partial charge on any atom is -0.506 e. The van der Waals surface area contributed by atoms with Gasteiger partial charge in [-0.05, 0) is 30.3 Å². The summed E-state index contributed by atoms with van der Waals surface area (Å²) in [7, 11) is 0. The van der Waals surface area contributed by atoms with Gasteiger partial charge >= 0.3 is 0 Å². The molecule has 0 bridgehead atoms. The molecule has 5 aromatic rings. The first kappa shape index (κ1) is 18.3. The van der Waals surface area contributed by atoms with Crippen LogP contribution in [-0.2, 0) is 0 Å². The summed E-state index contributed by atoms with van der Waals surface area (Å²) in [5.74, 6) is 1.51. The zero-order valence-electron chi connectivity index (χ0n) is 17.2. The number of aromatic nitrogens is 2. The monoisotopic (exact) mass is 420 g/mol. The average Bonchev–Trinajstić information content (AvgIpc) is 3.42. The third-order valence-electron chi connectivity index (χ3n) is 5.62. The Morgan fingerprint density at radius 1 is 0.719 bits per heavy atom. The average molecular weight is 420 g/mol. The first-order chi connectivity index (χ1) is 15.8. The van der Waals surface area contributed by atoms with Crippen LogP contribution in [0.3, 0.4) is 0 Å². The van der Waals surface area contributed by atoms with Crippen LogP contribution in [0.2, 0.25) is 0 Å². The van der Waals surface area contributed by atoms with Gasteiger partial charge in [-0.1, -0.05) is 54.6 Å². The van der Waals surface area contributed by atoms with Crippen LogP contribution in [-0.4, -0.2) is 26.4 Å². The molecule has 3 heterocycles. The Labute approximate surface area is 184 Å². The van der Waals surface area contributed by atoms with Gasteiger partial charge in [-0.3, -0.25) is 4.57 Å². The Balaban J connectivity index is 1.32. The molecule has 0 fully saturated rings. The summed E-state index contributed by atoms with van der Waals surface area (Å²) in [6, 6.07) is 29.7. The zero-order valence-corrected chi connectivity index (χ0v) is 17.2. The second-order valence-corrected chi connectivity index (χ2v) is 7.61. The van der Waals surface area contributed by atoms with Crippen LogP contribution in [0.15, 0.2) is 103 Å². The van der Waals surface area contributed by atoms with Crippen LogP contribution in [0.4, 0.5) is 5.69 Å². The van der Waals surface area contributed by atoms with E-state index in [9.17, 15) is 5.11 Å². The standard InChI is InChI=1S/C26H20N4O2/c31-24-13-6-5-12-23(24)28-16-17-29(18-28)32-26-15-7-14-25(27-26)30-21-10-3-1-8-19(21)20-9-2-4-11-22(20)30/h1-17,31H,18H2. The van der Waals surface area contributed by atoms with Crippen molar-refractivity contribution in [2.24, 2.45) is 0 Å². The van der Waals surface area contributed by atoms with Crippen molar-refractivity contribution in [2.45, 2.75) is 0 Å². The largest absolute Gasteiger partial charge is 0.506 e. The van der Waals surface area contributed by atoms with Crippen LogP contribution in [0.5, 0.6) is 11.6 Å². The van der Waals surface area contributed by atoms with Crippen molar-refractivity contribution in [3.8, 4) is 17.4 Å². The summed E-state index contributed by atoms with van der Waals surface area (Å²) in [6.07, 6.45) is 3.69. The molecule has 0 saturated carbocycles. The van der Waals surface area contributed by atoms with E-state index in [1.54, 1.807) is 17.2 Å². The molecule has 6 heteroatoms. The van der Waals surface area contributed by atoms with Crippen molar-refractivity contribution in [1.29, 1.82) is 0 Å². The Kier molecular flexibility index (Phi) is 4.21. The molecule has 0 amide bonds. The lowest BCUT2D eigenvalue weighted by Crippen LogP contribution is -2.28. The van der Waals surface area contributed by atoms with Crippen LogP contribution in [0.25, 0.3) is 27.6 Å². The van der Waals surface area contributed by atoms with Gasteiger partial charge in [-0.25, -0.2) is 0 Å². The van der Waals surface area contributed by atoms with Crippen molar-refractivity contribution in [1.82, 2.24) is 14.6 Å². The van der Waals surface area contributed by atoms with E-state index < -0.39 is 0 Å². The Hall–Kier alpha value is -4.45. The van der Waals surface area contributed by atoms with E-state index in [4.69, 9.17) is 9.82 Å². The number of anilines is 1. The number of aromatic hydroxyl groups is 1. The summed E-state index contributed by atoms with van der Waals surface area (Å²) < 4.78 is 2.16. The number of hydroxylamine groups is 2. The van der Waals surface area contributed by atoms with Crippen molar-refractivity contribution in [3.63, 3.8) is 0 Å². The second kappa shape index (κ2) is 7.35. The van der Waals surface area contributed by atoms with Gasteiger partial charge in [0.2, 0.25) is 5.88 Å². The maximum Gasteiger partial charge on any atom is 0.248 e. The quantitative estimate of drug-likeness (QED) is 0.420. The number of hydrogen-bond donors (Lipinski definition) is 1. The number of pyridine rings is 1. The Morgan fingerprint density at radius 3 is 2.16 bits per heavy atom. The number of para-hydroxylation sites is 4. The predicted molar refractivity (Wildman–Crippen MR) is 126 cm³/mol. The van der Waals surface area contributed by atoms with E-state index in [1.165, 1.54) is 10.8 Å². The maximum atomic E-state index is 10.1. The molecule has 1 aliphatic rings. The number of hydrogen-bond acceptors (Lipinski definition) is 5. The summed E-state index contributed by atoms with van der Waals surface area (Å²) >= 11 is 0. The van der Waals surface area contributed by atoms with Gasteiger partial charge in [0.1, 0.15) is 18.2 Å². The molecule has 2 aromatic heterocycles. The maximum absolute atomic E-state index is 10.1. The molecule has 0 aliphatic carbocycles. The second-order valence-electron chi connectivity index (χ2n) is 7.61. The third-order valence-corrected chi connectivity index (χ3v) is 5.62. The molecular weight excluding hydrogens is 400 g/mol. The number of phenols is 1. The molecule has 156 valence electrons. The van der Waals surface area contributed by atoms with Crippen LogP contribution < -0.4 is 9.74 Å². The number of benzene rings is 3. The molecule has 0 atom stereocenters. The summed E-state index contributed by atoms with van der Waals surface area (Å²) in [4.78, 5) is 12.7. The summed E-state index contributed by atoms with van der Waals surface area (Å²) in [5, 5.41) is 14.2. The molecule has 6 rings (SSSR count). The fourth-order valence-corrected chi connectivity index (χ4v) is 4.19. The van der Waals surface area contributed by atoms with E-state index in [2.05, 4.69) is 41.0 Å². The van der Waals surface area contributed by atoms with Crippen LogP contribution in [0.1, 0.15) is 0 Å². The fraction of sp³-hybridized carbons (Fsp3) is 0.0385. The highest BCUT2D eigenvalue weighted by molar-refractivity contribution is 6.09. The molecule has 32 heavy (non-hydrogen) atoms. The minimum absolute atomic E-state index is 0.227. The number of phenolic OH excluding ortho intramolecular Hbond substituents is 1. The van der Waals surface area contributed by atoms with E-state index in [-0.39, 0.29) is 5.75 Å². The molecule has 6 nitrogen and oxygen atoms in total. The van der Waals surface area contributed by atoms with Gasteiger partial charge in [0.15, 0.2) is 0 Å². The first-order valence-corrected chi connectivity index (χ1v) is 10.4. The van der Waals surface area contributed by atoms with Crippen LogP contribution in [0, 0.1) is 0 Å². The number of nitrogens with zero attached hydrogens (tertiary/aromatic N) is 4. The predicted octanol–water partition coefficient (Wildman–Crippen LogP) is 5.43. The van der Waals surface area contributed by atoms with Gasteiger partial charge in [-0.2, -0.15) is 10.0 Å². The van der Waals surface area contributed by atoms with Crippen molar-refractivity contribution < 1.29 is 9.94 Å². The number of rotatable bonds is 4. The summed E-state index contributed by atoms with van der Waals surface area (Å²) in [6.45, 7) is 0.443. The lowest BCUT2D eigenvalue weighted by molar-refractivity contribution is -0.00180. The number of fused-ring (bicyclic) bond motifs is 3. The molecule has 1 N–H and O–H groups in total. The zero-order chi connectivity index (χ0) is 21.5. The highest BCUT2D eigenvalue weighted by Gasteiger charge is 2.19. The highest BCUT2D eigenvalue weighted by Crippen LogP contribution is 2.32. The van der Waals surface area contributed by atoms with Gasteiger partial charge in [0, 0.05) is 23.0 Å². The van der Waals surface area contributed by atoms with Crippen LogP contribution >= 0.6 is 0 Å². The molecule has 0 spiro atoms. The van der Waals surface area contributed by atoms with Gasteiger partial charge in [0.25, 0.3) is 0 Å². The molecule has 3 aromatic carbocycles. The molecule has 0 radical (unpaired) electrons. The molecule has 0 unspecified atom stereocenters. The normalized spacial score (nSPS) is 13.4. The smallest absolute Gasteiger partial charge is 0.248 e. The van der Waals surface area contributed by atoms with E-state index in [0.29, 0.717) is 12.5 Å². The molecule has 1 aliphatic heterocycles. The SMILES string of the molecule is Oc1ccccc1N1C=CN(Oc2cccc(-n3c4ccccc4c4ccccc43)n2)C1. The van der Waals surface area contributed by atoms with Crippen molar-refractivity contribution in [2.75, 3.05) is 11.6 Å². The van der Waals surface area contributed by atoms with Gasteiger partial charge < -0.3 is 14.8 Å². The lowest BCUT2D eigenvalue weighted by atomic mass is 10.2. The summed E-state index contributed by atoms with van der Waals surface area (Å²) in [5.41, 5.74) is 2.93. The van der Waals surface area contributed by atoms with Crippen molar-refractivity contribution >= 4 is 27.5 Å². The highest BCUT2D eigenvalue weighted by atomic mass is 16.7. The molecule has 0 saturated heterocycles. The van der Waals surface area contributed by atoms with E-state index in [0.717, 1.165) is 22.5 Å². The Morgan fingerprint density at radius 2 is 1.41 bits per heavy atom. The minimum atomic E-state index is 0.227. The molecular formula is C26H20N4O2. The first-order valence-electron chi connectivity index (χ1n) is 10.4. The van der Waals surface area contributed by atoms with E-state index >= 15 is 0 Å². The lowest BCUT2D eigenvalue weighted by Gasteiger charge is -2.21. The third kappa shape index (κ3) is 3.01. The van der Waals surface area contributed by atoms with Gasteiger partial charge in [0.05, 0.1) is 22.9 Å². The topological polar surface area (TPSA) is 53.8 Å². The fourth-order valence-electron chi connectivity index (χ4n) is 4.19.